The van der Waals surface area contributed by atoms with E-state index in [-0.39, 0.29) is 11.8 Å². The molecule has 0 spiro atoms. The van der Waals surface area contributed by atoms with Crippen LogP contribution in [0.15, 0.2) is 0 Å². The lowest BCUT2D eigenvalue weighted by molar-refractivity contribution is -0.121. The van der Waals surface area contributed by atoms with Crippen LogP contribution in [0.2, 0.25) is 0 Å². The van der Waals surface area contributed by atoms with Crippen LogP contribution in [0.5, 0.6) is 0 Å². The van der Waals surface area contributed by atoms with Gasteiger partial charge in [0, 0.05) is 12.0 Å². The number of amides is 1. The van der Waals surface area contributed by atoms with Crippen LogP contribution in [-0.4, -0.2) is 19.0 Å². The molecule has 0 unspecified atom stereocenters. The maximum atomic E-state index is 10.7. The SMILES string of the molecule is CN[C@H]1CC[C@@H](C(N)=O)C1. The number of carbonyl (C=O) groups is 1. The monoisotopic (exact) mass is 142 g/mol. The second kappa shape index (κ2) is 3.01. The van der Waals surface area contributed by atoms with E-state index in [1.165, 1.54) is 0 Å². The summed E-state index contributed by atoms with van der Waals surface area (Å²) >= 11 is 0. The summed E-state index contributed by atoms with van der Waals surface area (Å²) < 4.78 is 0. The molecule has 1 aliphatic rings. The van der Waals surface area contributed by atoms with Crippen molar-refractivity contribution in [1.29, 1.82) is 0 Å². The van der Waals surface area contributed by atoms with Crippen molar-refractivity contribution in [3.8, 4) is 0 Å². The van der Waals surface area contributed by atoms with Crippen molar-refractivity contribution in [2.24, 2.45) is 11.7 Å². The second-order valence-electron chi connectivity index (χ2n) is 2.90. The van der Waals surface area contributed by atoms with Gasteiger partial charge in [0.1, 0.15) is 0 Å². The van der Waals surface area contributed by atoms with Gasteiger partial charge < -0.3 is 11.1 Å². The molecule has 0 saturated heterocycles. The van der Waals surface area contributed by atoms with Crippen molar-refractivity contribution in [2.75, 3.05) is 7.05 Å². The van der Waals surface area contributed by atoms with Gasteiger partial charge in [-0.3, -0.25) is 4.79 Å². The average molecular weight is 142 g/mol. The van der Waals surface area contributed by atoms with E-state index in [1.807, 2.05) is 7.05 Å². The van der Waals surface area contributed by atoms with Gasteiger partial charge in [-0.25, -0.2) is 0 Å². The molecular weight excluding hydrogens is 128 g/mol. The molecule has 1 saturated carbocycles. The molecule has 3 N–H and O–H groups in total. The first-order chi connectivity index (χ1) is 4.74. The predicted octanol–water partition coefficient (Wildman–Crippen LogP) is -0.140. The molecule has 0 heterocycles. The third kappa shape index (κ3) is 1.48. The van der Waals surface area contributed by atoms with Crippen molar-refractivity contribution in [3.05, 3.63) is 0 Å². The molecule has 3 nitrogen and oxygen atoms in total. The molecule has 10 heavy (non-hydrogen) atoms. The van der Waals surface area contributed by atoms with Gasteiger partial charge in [-0.05, 0) is 26.3 Å². The summed E-state index contributed by atoms with van der Waals surface area (Å²) in [7, 11) is 1.92. The fraction of sp³-hybridized carbons (Fsp3) is 0.857. The molecular formula is C7H14N2O. The maximum absolute atomic E-state index is 10.7. The van der Waals surface area contributed by atoms with Gasteiger partial charge in [0.05, 0.1) is 0 Å². The van der Waals surface area contributed by atoms with Crippen LogP contribution in [0.3, 0.4) is 0 Å². The highest BCUT2D eigenvalue weighted by Crippen LogP contribution is 2.24. The molecule has 0 radical (unpaired) electrons. The largest absolute Gasteiger partial charge is 0.369 e. The molecule has 3 heteroatoms. The van der Waals surface area contributed by atoms with E-state index < -0.39 is 0 Å². The summed E-state index contributed by atoms with van der Waals surface area (Å²) in [4.78, 5) is 10.7. The van der Waals surface area contributed by atoms with Crippen LogP contribution in [0, 0.1) is 5.92 Å². The van der Waals surface area contributed by atoms with E-state index in [4.69, 9.17) is 5.73 Å². The fourth-order valence-electron chi connectivity index (χ4n) is 1.50. The van der Waals surface area contributed by atoms with E-state index in [2.05, 4.69) is 5.32 Å². The molecule has 1 fully saturated rings. The van der Waals surface area contributed by atoms with Gasteiger partial charge in [-0.1, -0.05) is 0 Å². The smallest absolute Gasteiger partial charge is 0.220 e. The van der Waals surface area contributed by atoms with Crippen molar-refractivity contribution >= 4 is 5.91 Å². The Kier molecular flexibility index (Phi) is 2.27. The third-order valence-corrected chi connectivity index (χ3v) is 2.24. The minimum absolute atomic E-state index is 0.123. The van der Waals surface area contributed by atoms with Gasteiger partial charge in [-0.2, -0.15) is 0 Å². The average Bonchev–Trinajstić information content (AvgIpc) is 2.34. The summed E-state index contributed by atoms with van der Waals surface area (Å²) in [5.74, 6) is -0.0183. The Morgan fingerprint density at radius 1 is 1.60 bits per heavy atom. The van der Waals surface area contributed by atoms with Gasteiger partial charge >= 0.3 is 0 Å². The van der Waals surface area contributed by atoms with E-state index in [9.17, 15) is 4.79 Å². The molecule has 0 aromatic rings. The molecule has 0 aromatic heterocycles. The van der Waals surface area contributed by atoms with Gasteiger partial charge in [0.15, 0.2) is 0 Å². The minimum atomic E-state index is -0.141. The zero-order chi connectivity index (χ0) is 7.56. The highest BCUT2D eigenvalue weighted by molar-refractivity contribution is 5.76. The topological polar surface area (TPSA) is 55.1 Å². The quantitative estimate of drug-likeness (QED) is 0.564. The summed E-state index contributed by atoms with van der Waals surface area (Å²) in [6.07, 6.45) is 2.97. The summed E-state index contributed by atoms with van der Waals surface area (Å²) in [5, 5.41) is 3.14. The minimum Gasteiger partial charge on any atom is -0.369 e. The van der Waals surface area contributed by atoms with Crippen LogP contribution >= 0.6 is 0 Å². The molecule has 2 atom stereocenters. The van der Waals surface area contributed by atoms with E-state index >= 15 is 0 Å². The van der Waals surface area contributed by atoms with Crippen molar-refractivity contribution in [3.63, 3.8) is 0 Å². The number of hydrogen-bond acceptors (Lipinski definition) is 2. The Balaban J connectivity index is 2.35. The zero-order valence-electron chi connectivity index (χ0n) is 6.26. The molecule has 1 aliphatic carbocycles. The first-order valence-electron chi connectivity index (χ1n) is 3.70. The van der Waals surface area contributed by atoms with E-state index in [1.54, 1.807) is 0 Å². The van der Waals surface area contributed by atoms with Crippen LogP contribution < -0.4 is 11.1 Å². The second-order valence-corrected chi connectivity index (χ2v) is 2.90. The summed E-state index contributed by atoms with van der Waals surface area (Å²) in [5.41, 5.74) is 5.15. The predicted molar refractivity (Wildman–Crippen MR) is 39.4 cm³/mol. The Morgan fingerprint density at radius 3 is 2.60 bits per heavy atom. The van der Waals surface area contributed by atoms with Gasteiger partial charge in [0.25, 0.3) is 0 Å². The van der Waals surface area contributed by atoms with E-state index in [0.29, 0.717) is 6.04 Å². The highest BCUT2D eigenvalue weighted by atomic mass is 16.1. The fourth-order valence-corrected chi connectivity index (χ4v) is 1.50. The zero-order valence-corrected chi connectivity index (χ0v) is 6.26. The van der Waals surface area contributed by atoms with Crippen LogP contribution in [-0.2, 0) is 4.79 Å². The number of nitrogens with one attached hydrogen (secondary N) is 1. The Morgan fingerprint density at radius 2 is 2.30 bits per heavy atom. The van der Waals surface area contributed by atoms with Crippen molar-refractivity contribution in [1.82, 2.24) is 5.32 Å². The van der Waals surface area contributed by atoms with Crippen LogP contribution in [0.4, 0.5) is 0 Å². The normalized spacial score (nSPS) is 32.5. The summed E-state index contributed by atoms with van der Waals surface area (Å²) in [6, 6.07) is 0.512. The molecule has 1 rings (SSSR count). The Labute approximate surface area is 61.0 Å². The van der Waals surface area contributed by atoms with Crippen molar-refractivity contribution < 1.29 is 4.79 Å². The lowest BCUT2D eigenvalue weighted by Crippen LogP contribution is -2.25. The lowest BCUT2D eigenvalue weighted by atomic mass is 10.1. The first kappa shape index (κ1) is 7.54. The first-order valence-corrected chi connectivity index (χ1v) is 3.70. The molecule has 1 amide bonds. The standard InChI is InChI=1S/C7H14N2O/c1-9-6-3-2-5(4-6)7(8)10/h5-6,9H,2-4H2,1H3,(H2,8,10)/t5-,6+/m1/s1. The molecule has 0 aromatic carbocycles. The lowest BCUT2D eigenvalue weighted by Gasteiger charge is -2.06. The van der Waals surface area contributed by atoms with Crippen LogP contribution in [0.1, 0.15) is 19.3 Å². The molecule has 0 bridgehead atoms. The summed E-state index contributed by atoms with van der Waals surface area (Å²) in [6.45, 7) is 0. The highest BCUT2D eigenvalue weighted by Gasteiger charge is 2.26. The van der Waals surface area contributed by atoms with Crippen LogP contribution in [0.25, 0.3) is 0 Å². The van der Waals surface area contributed by atoms with E-state index in [0.717, 1.165) is 19.3 Å². The van der Waals surface area contributed by atoms with Crippen molar-refractivity contribution in [2.45, 2.75) is 25.3 Å². The Bertz CT molecular complexity index is 136. The number of hydrogen-bond donors (Lipinski definition) is 2. The number of rotatable bonds is 2. The maximum Gasteiger partial charge on any atom is 0.220 e. The number of primary amides is 1. The van der Waals surface area contributed by atoms with Gasteiger partial charge in [0.2, 0.25) is 5.91 Å². The molecule has 58 valence electrons. The number of nitrogens with two attached hydrogens (primary N) is 1. The van der Waals surface area contributed by atoms with Gasteiger partial charge in [-0.15, -0.1) is 0 Å². The molecule has 0 aliphatic heterocycles. The Hall–Kier alpha value is -0.570. The third-order valence-electron chi connectivity index (χ3n) is 2.24. The number of carbonyl (C=O) groups excluding carboxylic acids is 1.